The Hall–Kier alpha value is -2.88. The van der Waals surface area contributed by atoms with Gasteiger partial charge >= 0.3 is 6.18 Å². The summed E-state index contributed by atoms with van der Waals surface area (Å²) in [6, 6.07) is 7.29. The maximum Gasteiger partial charge on any atom is 0.421 e. The number of carbonyl (C=O) groups is 1. The fourth-order valence-electron chi connectivity index (χ4n) is 4.79. The van der Waals surface area contributed by atoms with Crippen molar-refractivity contribution in [1.82, 2.24) is 20.2 Å². The van der Waals surface area contributed by atoms with Crippen LogP contribution in [-0.2, 0) is 17.5 Å². The molecule has 2 fully saturated rings. The summed E-state index contributed by atoms with van der Waals surface area (Å²) in [5, 5.41) is 8.79. The standard InChI is InChI=1S/C25H33F3N6O/c1-16(2)30-23(35)19-6-5-7-21(19)32-22-20(25(26,27)28)14-29-24(33-22)31-18-10-8-17(9-11-18)15-34-12-3-4-13-34/h8-11,14,16,19,21H,3-7,12-13,15H2,1-2H3,(H,30,35)(H2,29,31,32,33)/t19-,21+/m0/s1. The molecule has 1 saturated heterocycles. The second kappa shape index (κ2) is 10.8. The predicted octanol–water partition coefficient (Wildman–Crippen LogP) is 4.94. The number of nitrogens with one attached hydrogen (secondary N) is 3. The first kappa shape index (κ1) is 25.2. The molecular formula is C25H33F3N6O. The Morgan fingerprint density at radius 3 is 2.49 bits per heavy atom. The van der Waals surface area contributed by atoms with Crippen LogP contribution in [-0.4, -0.2) is 45.9 Å². The van der Waals surface area contributed by atoms with Gasteiger partial charge in [0.25, 0.3) is 0 Å². The van der Waals surface area contributed by atoms with E-state index >= 15 is 0 Å². The molecule has 2 heterocycles. The number of halogens is 3. The fourth-order valence-corrected chi connectivity index (χ4v) is 4.79. The predicted molar refractivity (Wildman–Crippen MR) is 129 cm³/mol. The van der Waals surface area contributed by atoms with E-state index in [0.29, 0.717) is 18.5 Å². The van der Waals surface area contributed by atoms with Crippen LogP contribution in [0.2, 0.25) is 0 Å². The lowest BCUT2D eigenvalue weighted by Gasteiger charge is -2.24. The smallest absolute Gasteiger partial charge is 0.366 e. The van der Waals surface area contributed by atoms with E-state index in [9.17, 15) is 18.0 Å². The van der Waals surface area contributed by atoms with Gasteiger partial charge in [-0.1, -0.05) is 18.6 Å². The van der Waals surface area contributed by atoms with Crippen molar-refractivity contribution < 1.29 is 18.0 Å². The molecule has 1 aromatic carbocycles. The molecular weight excluding hydrogens is 457 g/mol. The van der Waals surface area contributed by atoms with E-state index in [2.05, 4.69) is 30.8 Å². The van der Waals surface area contributed by atoms with Gasteiger partial charge in [-0.2, -0.15) is 18.2 Å². The maximum absolute atomic E-state index is 13.7. The van der Waals surface area contributed by atoms with E-state index in [4.69, 9.17) is 0 Å². The number of aromatic nitrogens is 2. The van der Waals surface area contributed by atoms with E-state index in [0.717, 1.165) is 32.3 Å². The minimum absolute atomic E-state index is 0.0360. The van der Waals surface area contributed by atoms with Crippen LogP contribution in [0.25, 0.3) is 0 Å². The van der Waals surface area contributed by atoms with E-state index in [-0.39, 0.29) is 23.7 Å². The molecule has 3 N–H and O–H groups in total. The molecule has 0 radical (unpaired) electrons. The summed E-state index contributed by atoms with van der Waals surface area (Å²) in [5.41, 5.74) is 0.926. The summed E-state index contributed by atoms with van der Waals surface area (Å²) in [5.74, 6) is -0.804. The molecule has 0 bridgehead atoms. The molecule has 1 aliphatic carbocycles. The normalized spacial score (nSPS) is 20.9. The van der Waals surface area contributed by atoms with Crippen LogP contribution < -0.4 is 16.0 Å². The highest BCUT2D eigenvalue weighted by Gasteiger charge is 2.38. The molecule has 2 aliphatic rings. The van der Waals surface area contributed by atoms with Gasteiger partial charge in [-0.15, -0.1) is 0 Å². The molecule has 190 valence electrons. The molecule has 1 aliphatic heterocycles. The minimum Gasteiger partial charge on any atom is -0.366 e. The zero-order valence-electron chi connectivity index (χ0n) is 20.2. The number of amides is 1. The fraction of sp³-hybridized carbons (Fsp3) is 0.560. The molecule has 7 nitrogen and oxygen atoms in total. The summed E-state index contributed by atoms with van der Waals surface area (Å²) in [7, 11) is 0. The quantitative estimate of drug-likeness (QED) is 0.486. The third-order valence-corrected chi connectivity index (χ3v) is 6.51. The molecule has 0 unspecified atom stereocenters. The summed E-state index contributed by atoms with van der Waals surface area (Å²) in [6.45, 7) is 6.82. The van der Waals surface area contributed by atoms with Crippen molar-refractivity contribution in [2.75, 3.05) is 23.7 Å². The number of likely N-dealkylation sites (tertiary alicyclic amines) is 1. The Balaban J connectivity index is 1.49. The Bertz CT molecular complexity index is 1010. The molecule has 4 rings (SSSR count). The van der Waals surface area contributed by atoms with Crippen LogP contribution in [0.3, 0.4) is 0 Å². The molecule has 1 aromatic heterocycles. The van der Waals surface area contributed by atoms with E-state index in [1.165, 1.54) is 18.4 Å². The molecule has 2 aromatic rings. The largest absolute Gasteiger partial charge is 0.421 e. The van der Waals surface area contributed by atoms with Crippen molar-refractivity contribution in [1.29, 1.82) is 0 Å². The Morgan fingerprint density at radius 1 is 1.11 bits per heavy atom. The first-order valence-electron chi connectivity index (χ1n) is 12.3. The van der Waals surface area contributed by atoms with Gasteiger partial charge in [-0.3, -0.25) is 9.69 Å². The van der Waals surface area contributed by atoms with E-state index < -0.39 is 23.7 Å². The van der Waals surface area contributed by atoms with Crippen LogP contribution in [0.5, 0.6) is 0 Å². The van der Waals surface area contributed by atoms with Gasteiger partial charge in [0.05, 0.1) is 5.92 Å². The first-order chi connectivity index (χ1) is 16.7. The van der Waals surface area contributed by atoms with E-state index in [1.54, 1.807) is 0 Å². The van der Waals surface area contributed by atoms with Crippen molar-refractivity contribution in [3.63, 3.8) is 0 Å². The average molecular weight is 491 g/mol. The molecule has 2 atom stereocenters. The molecule has 10 heteroatoms. The van der Waals surface area contributed by atoms with Gasteiger partial charge in [0.15, 0.2) is 0 Å². The summed E-state index contributed by atoms with van der Waals surface area (Å²) in [4.78, 5) is 23.0. The summed E-state index contributed by atoms with van der Waals surface area (Å²) < 4.78 is 41.1. The van der Waals surface area contributed by atoms with Crippen molar-refractivity contribution in [2.24, 2.45) is 5.92 Å². The van der Waals surface area contributed by atoms with Crippen LogP contribution in [0.4, 0.5) is 30.6 Å². The van der Waals surface area contributed by atoms with Gasteiger partial charge in [-0.05, 0) is 70.3 Å². The monoisotopic (exact) mass is 490 g/mol. The van der Waals surface area contributed by atoms with Crippen LogP contribution >= 0.6 is 0 Å². The number of nitrogens with zero attached hydrogens (tertiary/aromatic N) is 3. The summed E-state index contributed by atoms with van der Waals surface area (Å²) in [6.07, 6.45) is 0.603. The third kappa shape index (κ3) is 6.62. The number of rotatable bonds is 8. The molecule has 1 amide bonds. The Labute approximate surface area is 203 Å². The van der Waals surface area contributed by atoms with Gasteiger partial charge in [-0.25, -0.2) is 4.98 Å². The highest BCUT2D eigenvalue weighted by Crippen LogP contribution is 2.36. The third-order valence-electron chi connectivity index (χ3n) is 6.51. The van der Waals surface area contributed by atoms with Crippen molar-refractivity contribution in [3.8, 4) is 0 Å². The first-order valence-corrected chi connectivity index (χ1v) is 12.3. The van der Waals surface area contributed by atoms with E-state index in [1.807, 2.05) is 38.1 Å². The zero-order valence-corrected chi connectivity index (χ0v) is 20.2. The number of hydrogen-bond acceptors (Lipinski definition) is 6. The van der Waals surface area contributed by atoms with Crippen LogP contribution in [0.1, 0.15) is 57.1 Å². The maximum atomic E-state index is 13.7. The lowest BCUT2D eigenvalue weighted by Crippen LogP contribution is -2.41. The highest BCUT2D eigenvalue weighted by molar-refractivity contribution is 5.80. The Morgan fingerprint density at radius 2 is 1.83 bits per heavy atom. The van der Waals surface area contributed by atoms with Gasteiger partial charge in [0, 0.05) is 30.5 Å². The second-order valence-electron chi connectivity index (χ2n) is 9.71. The van der Waals surface area contributed by atoms with Gasteiger partial charge in [0.1, 0.15) is 11.4 Å². The number of benzene rings is 1. The number of alkyl halides is 3. The van der Waals surface area contributed by atoms with Crippen LogP contribution in [0, 0.1) is 5.92 Å². The number of hydrogen-bond donors (Lipinski definition) is 3. The van der Waals surface area contributed by atoms with Crippen molar-refractivity contribution in [2.45, 2.75) is 70.8 Å². The molecule has 0 spiro atoms. The molecule has 35 heavy (non-hydrogen) atoms. The number of carbonyl (C=O) groups excluding carboxylic acids is 1. The lowest BCUT2D eigenvalue weighted by atomic mass is 10.0. The second-order valence-corrected chi connectivity index (χ2v) is 9.71. The highest BCUT2D eigenvalue weighted by atomic mass is 19.4. The minimum atomic E-state index is -4.62. The van der Waals surface area contributed by atoms with Crippen molar-refractivity contribution >= 4 is 23.4 Å². The number of anilines is 3. The SMILES string of the molecule is CC(C)NC(=O)[C@H]1CCC[C@H]1Nc1nc(Nc2ccc(CN3CCCC3)cc2)ncc1C(F)(F)F. The topological polar surface area (TPSA) is 82.2 Å². The zero-order chi connectivity index (χ0) is 25.0. The molecule has 1 saturated carbocycles. The summed E-state index contributed by atoms with van der Waals surface area (Å²) >= 11 is 0. The average Bonchev–Trinajstić information content (AvgIpc) is 3.46. The van der Waals surface area contributed by atoms with Crippen molar-refractivity contribution in [3.05, 3.63) is 41.6 Å². The van der Waals surface area contributed by atoms with Gasteiger partial charge in [0.2, 0.25) is 11.9 Å². The van der Waals surface area contributed by atoms with Crippen LogP contribution in [0.15, 0.2) is 30.5 Å². The Kier molecular flexibility index (Phi) is 7.78. The lowest BCUT2D eigenvalue weighted by molar-refractivity contribution is -0.137. The van der Waals surface area contributed by atoms with Gasteiger partial charge < -0.3 is 16.0 Å².